The molecule has 0 unspecified atom stereocenters. The van der Waals surface area contributed by atoms with Gasteiger partial charge in [-0.05, 0) is 24.3 Å². The monoisotopic (exact) mass is 552 g/mol. The number of nitrogens with zero attached hydrogens (tertiary/aromatic N) is 3. The standard InChI is InChI=1S/C22H13F5N6O4S/c1-29-20(34)19-11-3-2-10(16(24)18(11)31-32-19)15-12(23)4-5-13(17(15)25)33-38(35,36)14-6-9(7-28)8-30-21(14)37-22(26)27/h2-6,8,22,33H,1H3,(H,29,34)(H,31,32). The molecular weight excluding hydrogens is 539 g/mol. The van der Waals surface area contributed by atoms with Crippen LogP contribution in [0.5, 0.6) is 5.88 Å². The van der Waals surface area contributed by atoms with Gasteiger partial charge < -0.3 is 10.1 Å². The van der Waals surface area contributed by atoms with Gasteiger partial charge in [-0.15, -0.1) is 0 Å². The molecule has 38 heavy (non-hydrogen) atoms. The molecule has 0 aliphatic rings. The second-order valence-corrected chi connectivity index (χ2v) is 9.06. The third-order valence-electron chi connectivity index (χ3n) is 5.16. The third-order valence-corrected chi connectivity index (χ3v) is 6.52. The van der Waals surface area contributed by atoms with E-state index in [2.05, 4.69) is 25.2 Å². The highest BCUT2D eigenvalue weighted by Crippen LogP contribution is 2.36. The molecule has 0 aliphatic carbocycles. The molecule has 2 aromatic heterocycles. The maximum absolute atomic E-state index is 15.4. The summed E-state index contributed by atoms with van der Waals surface area (Å²) >= 11 is 0. The molecule has 0 radical (unpaired) electrons. The van der Waals surface area contributed by atoms with Crippen molar-refractivity contribution in [3.8, 4) is 23.1 Å². The largest absolute Gasteiger partial charge is 0.415 e. The molecule has 0 spiro atoms. The van der Waals surface area contributed by atoms with Crippen molar-refractivity contribution >= 4 is 32.5 Å². The summed E-state index contributed by atoms with van der Waals surface area (Å²) in [5.74, 6) is -5.76. The first-order chi connectivity index (χ1) is 18.0. The average molecular weight is 552 g/mol. The smallest absolute Gasteiger partial charge is 0.388 e. The number of hydrogen-bond acceptors (Lipinski definition) is 7. The number of nitrogens with one attached hydrogen (secondary N) is 3. The van der Waals surface area contributed by atoms with Crippen molar-refractivity contribution in [2.75, 3.05) is 11.8 Å². The fourth-order valence-electron chi connectivity index (χ4n) is 3.48. The van der Waals surface area contributed by atoms with E-state index in [-0.39, 0.29) is 22.2 Å². The zero-order valence-corrected chi connectivity index (χ0v) is 19.6. The number of alkyl halides is 2. The molecule has 1 amide bonds. The number of aromatic nitrogens is 3. The van der Waals surface area contributed by atoms with Gasteiger partial charge in [0.05, 0.1) is 16.8 Å². The van der Waals surface area contributed by atoms with E-state index in [1.165, 1.54) is 13.1 Å². The summed E-state index contributed by atoms with van der Waals surface area (Å²) in [5, 5.41) is 17.3. The Morgan fingerprint density at radius 1 is 1.16 bits per heavy atom. The zero-order valence-electron chi connectivity index (χ0n) is 18.8. The lowest BCUT2D eigenvalue weighted by Crippen LogP contribution is -2.18. The van der Waals surface area contributed by atoms with E-state index < -0.39 is 67.6 Å². The molecule has 0 bridgehead atoms. The van der Waals surface area contributed by atoms with Crippen molar-refractivity contribution in [3.05, 3.63) is 65.2 Å². The Morgan fingerprint density at radius 3 is 2.55 bits per heavy atom. The van der Waals surface area contributed by atoms with E-state index in [0.717, 1.165) is 12.3 Å². The molecule has 196 valence electrons. The number of benzene rings is 2. The number of aromatic amines is 1. The summed E-state index contributed by atoms with van der Waals surface area (Å²) in [4.78, 5) is 14.2. The van der Waals surface area contributed by atoms with Crippen molar-refractivity contribution in [3.63, 3.8) is 0 Å². The van der Waals surface area contributed by atoms with Gasteiger partial charge in [-0.3, -0.25) is 14.6 Å². The van der Waals surface area contributed by atoms with Crippen LogP contribution in [0.3, 0.4) is 0 Å². The Morgan fingerprint density at radius 2 is 1.89 bits per heavy atom. The zero-order chi connectivity index (χ0) is 27.8. The van der Waals surface area contributed by atoms with Crippen molar-refractivity contribution in [2.24, 2.45) is 0 Å². The second kappa shape index (κ2) is 9.94. The highest BCUT2D eigenvalue weighted by molar-refractivity contribution is 7.92. The molecule has 0 saturated carbocycles. The summed E-state index contributed by atoms with van der Waals surface area (Å²) < 4.78 is 103. The fraction of sp³-hybridized carbons (Fsp3) is 0.0909. The first kappa shape index (κ1) is 26.3. The van der Waals surface area contributed by atoms with Crippen molar-refractivity contribution in [1.82, 2.24) is 20.5 Å². The number of sulfonamides is 1. The molecule has 0 fully saturated rings. The van der Waals surface area contributed by atoms with Gasteiger partial charge in [0.25, 0.3) is 15.9 Å². The normalized spacial score (nSPS) is 11.4. The number of amides is 1. The number of H-pyrrole nitrogens is 1. The molecule has 2 heterocycles. The molecule has 4 rings (SSSR count). The Labute approximate surface area is 210 Å². The van der Waals surface area contributed by atoms with Crippen LogP contribution < -0.4 is 14.8 Å². The van der Waals surface area contributed by atoms with Crippen molar-refractivity contribution in [2.45, 2.75) is 11.5 Å². The predicted molar refractivity (Wildman–Crippen MR) is 121 cm³/mol. The maximum atomic E-state index is 15.4. The second-order valence-electron chi connectivity index (χ2n) is 7.41. The minimum atomic E-state index is -4.95. The van der Waals surface area contributed by atoms with E-state index >= 15 is 8.78 Å². The van der Waals surface area contributed by atoms with Gasteiger partial charge in [-0.1, -0.05) is 6.07 Å². The number of hydrogen-bond donors (Lipinski definition) is 3. The number of ether oxygens (including phenoxy) is 1. The van der Waals surface area contributed by atoms with Gasteiger partial charge >= 0.3 is 6.61 Å². The van der Waals surface area contributed by atoms with Gasteiger partial charge in [-0.25, -0.2) is 26.6 Å². The van der Waals surface area contributed by atoms with E-state index in [1.807, 2.05) is 0 Å². The molecule has 3 N–H and O–H groups in total. The number of rotatable bonds is 7. The lowest BCUT2D eigenvalue weighted by molar-refractivity contribution is -0.0549. The van der Waals surface area contributed by atoms with Gasteiger partial charge in [0.1, 0.15) is 17.4 Å². The van der Waals surface area contributed by atoms with Gasteiger partial charge in [0, 0.05) is 24.2 Å². The molecule has 16 heteroatoms. The lowest BCUT2D eigenvalue weighted by atomic mass is 10.0. The molecule has 0 aliphatic heterocycles. The molecule has 2 aromatic carbocycles. The summed E-state index contributed by atoms with van der Waals surface area (Å²) in [6.07, 6.45) is 0.775. The van der Waals surface area contributed by atoms with E-state index in [4.69, 9.17) is 5.26 Å². The van der Waals surface area contributed by atoms with E-state index in [9.17, 15) is 26.4 Å². The van der Waals surface area contributed by atoms with Crippen LogP contribution in [0.1, 0.15) is 16.1 Å². The SMILES string of the molecule is CNC(=O)c1n[nH]c2c(F)c(-c3c(F)ccc(NS(=O)(=O)c4cc(C#N)cnc4OC(F)F)c3F)ccc12. The van der Waals surface area contributed by atoms with Crippen molar-refractivity contribution < 1.29 is 39.9 Å². The first-order valence-corrected chi connectivity index (χ1v) is 11.7. The van der Waals surface area contributed by atoms with Crippen LogP contribution in [-0.2, 0) is 10.0 Å². The molecule has 0 saturated heterocycles. The third kappa shape index (κ3) is 4.66. The van der Waals surface area contributed by atoms with Crippen LogP contribution in [0.15, 0.2) is 41.4 Å². The Balaban J connectivity index is 1.81. The van der Waals surface area contributed by atoms with Crippen LogP contribution in [0.2, 0.25) is 0 Å². The minimum absolute atomic E-state index is 0.0136. The quantitative estimate of drug-likeness (QED) is 0.296. The Kier molecular flexibility index (Phi) is 6.87. The fourth-order valence-corrected chi connectivity index (χ4v) is 4.65. The number of nitriles is 1. The minimum Gasteiger partial charge on any atom is -0.415 e. The van der Waals surface area contributed by atoms with Crippen LogP contribution in [0.4, 0.5) is 27.6 Å². The summed E-state index contributed by atoms with van der Waals surface area (Å²) in [7, 11) is -3.63. The Bertz CT molecular complexity index is 1740. The number of halogens is 5. The molecule has 0 atom stereocenters. The van der Waals surface area contributed by atoms with Crippen LogP contribution >= 0.6 is 0 Å². The van der Waals surface area contributed by atoms with Gasteiger partial charge in [-0.2, -0.15) is 19.1 Å². The lowest BCUT2D eigenvalue weighted by Gasteiger charge is -2.15. The van der Waals surface area contributed by atoms with E-state index in [1.54, 1.807) is 10.8 Å². The highest BCUT2D eigenvalue weighted by atomic mass is 32.2. The van der Waals surface area contributed by atoms with Gasteiger partial charge in [0.15, 0.2) is 22.2 Å². The van der Waals surface area contributed by atoms with E-state index in [0.29, 0.717) is 18.2 Å². The molecule has 4 aromatic rings. The van der Waals surface area contributed by atoms with Crippen molar-refractivity contribution in [1.29, 1.82) is 5.26 Å². The molecular formula is C22H13F5N6O4S. The number of anilines is 1. The number of carbonyl (C=O) groups excluding carboxylic acids is 1. The maximum Gasteiger partial charge on any atom is 0.388 e. The van der Waals surface area contributed by atoms with Crippen LogP contribution in [-0.4, -0.2) is 43.2 Å². The average Bonchev–Trinajstić information content (AvgIpc) is 3.31. The summed E-state index contributed by atoms with van der Waals surface area (Å²) in [6, 6.07) is 5.70. The predicted octanol–water partition coefficient (Wildman–Crippen LogP) is 3.68. The Hall–Kier alpha value is -4.78. The first-order valence-electron chi connectivity index (χ1n) is 10.2. The molecule has 10 nitrogen and oxygen atoms in total. The topological polar surface area (TPSA) is 150 Å². The van der Waals surface area contributed by atoms with Crippen LogP contribution in [0, 0.1) is 28.8 Å². The van der Waals surface area contributed by atoms with Gasteiger partial charge in [0.2, 0.25) is 5.88 Å². The summed E-state index contributed by atoms with van der Waals surface area (Å²) in [5.41, 5.74) is -3.38. The number of fused-ring (bicyclic) bond motifs is 1. The number of carbonyl (C=O) groups is 1. The number of pyridine rings is 1. The summed E-state index contributed by atoms with van der Waals surface area (Å²) in [6.45, 7) is -3.48. The van der Waals surface area contributed by atoms with Crippen LogP contribution in [0.25, 0.3) is 22.0 Å². The highest BCUT2D eigenvalue weighted by Gasteiger charge is 2.28.